The molecule has 0 saturated heterocycles. The van der Waals surface area contributed by atoms with Crippen LogP contribution in [0, 0.1) is 13.8 Å². The number of aliphatic imine (C=N–C) groups is 1. The van der Waals surface area contributed by atoms with Crippen molar-refractivity contribution in [3.63, 3.8) is 0 Å². The number of fused-ring (bicyclic) bond motifs is 1. The number of halogens is 4. The molecule has 0 N–H and O–H groups in total. The molecule has 6 nitrogen and oxygen atoms in total. The van der Waals surface area contributed by atoms with E-state index < -0.39 is 17.3 Å². The highest BCUT2D eigenvalue weighted by molar-refractivity contribution is 6.31. The maximum atomic E-state index is 13.3. The SMILES string of the molecule is CC=NC(=C(C)C)c1cc(C)nc2c(OCc3c(Cl)cc(C)nc3Cn3cccc(C(F)(F)F)c3=O)cccc12. The van der Waals surface area contributed by atoms with Crippen LogP contribution in [0.3, 0.4) is 0 Å². The second-order valence-corrected chi connectivity index (χ2v) is 9.92. The minimum Gasteiger partial charge on any atom is -0.486 e. The summed E-state index contributed by atoms with van der Waals surface area (Å²) in [5.74, 6) is 0.495. The molecule has 208 valence electrons. The summed E-state index contributed by atoms with van der Waals surface area (Å²) in [5, 5.41) is 1.19. The quantitative estimate of drug-likeness (QED) is 0.216. The van der Waals surface area contributed by atoms with E-state index in [1.165, 1.54) is 12.3 Å². The van der Waals surface area contributed by atoms with Crippen molar-refractivity contribution in [3.05, 3.63) is 103 Å². The van der Waals surface area contributed by atoms with Crippen LogP contribution in [0.4, 0.5) is 13.2 Å². The summed E-state index contributed by atoms with van der Waals surface area (Å²) < 4.78 is 47.1. The molecule has 3 aromatic heterocycles. The lowest BCUT2D eigenvalue weighted by Gasteiger charge is -2.17. The maximum absolute atomic E-state index is 13.3. The molecule has 0 saturated carbocycles. The largest absolute Gasteiger partial charge is 0.486 e. The zero-order chi connectivity index (χ0) is 29.2. The van der Waals surface area contributed by atoms with Crippen LogP contribution in [0.2, 0.25) is 5.02 Å². The van der Waals surface area contributed by atoms with Crippen molar-refractivity contribution < 1.29 is 17.9 Å². The van der Waals surface area contributed by atoms with Crippen LogP contribution in [0.25, 0.3) is 16.6 Å². The van der Waals surface area contributed by atoms with E-state index in [0.717, 1.165) is 38.5 Å². The van der Waals surface area contributed by atoms with Crippen LogP contribution < -0.4 is 10.3 Å². The summed E-state index contributed by atoms with van der Waals surface area (Å²) in [6.07, 6.45) is -1.73. The van der Waals surface area contributed by atoms with Gasteiger partial charge in [-0.25, -0.2) is 4.98 Å². The highest BCUT2D eigenvalue weighted by Crippen LogP contribution is 2.34. The van der Waals surface area contributed by atoms with Gasteiger partial charge in [-0.05, 0) is 65.0 Å². The number of aromatic nitrogens is 3. The predicted octanol–water partition coefficient (Wildman–Crippen LogP) is 7.55. The average Bonchev–Trinajstić information content (AvgIpc) is 2.86. The minimum absolute atomic E-state index is 0.0398. The highest BCUT2D eigenvalue weighted by atomic mass is 35.5. The van der Waals surface area contributed by atoms with Crippen molar-refractivity contribution in [2.24, 2.45) is 4.99 Å². The molecule has 4 rings (SSSR count). The van der Waals surface area contributed by atoms with Crippen molar-refractivity contribution in [2.75, 3.05) is 0 Å². The van der Waals surface area contributed by atoms with Gasteiger partial charge in [0.15, 0.2) is 0 Å². The molecule has 1 aromatic carbocycles. The zero-order valence-electron chi connectivity index (χ0n) is 22.7. The van der Waals surface area contributed by atoms with Gasteiger partial charge in [-0.1, -0.05) is 29.3 Å². The first-order chi connectivity index (χ1) is 18.9. The van der Waals surface area contributed by atoms with Gasteiger partial charge in [-0.2, -0.15) is 13.2 Å². The molecule has 40 heavy (non-hydrogen) atoms. The van der Waals surface area contributed by atoms with Crippen LogP contribution in [0.15, 0.2) is 64.0 Å². The fraction of sp³-hybridized carbons (Fsp3) is 0.267. The molecule has 0 aliphatic rings. The van der Waals surface area contributed by atoms with E-state index in [4.69, 9.17) is 21.3 Å². The third-order valence-corrected chi connectivity index (χ3v) is 6.56. The Labute approximate surface area is 234 Å². The molecule has 3 heterocycles. The highest BCUT2D eigenvalue weighted by Gasteiger charge is 2.34. The lowest BCUT2D eigenvalue weighted by Crippen LogP contribution is -2.29. The van der Waals surface area contributed by atoms with Gasteiger partial charge >= 0.3 is 6.18 Å². The Morgan fingerprint density at radius 2 is 1.82 bits per heavy atom. The molecule has 0 fully saturated rings. The van der Waals surface area contributed by atoms with E-state index in [0.29, 0.717) is 33.2 Å². The minimum atomic E-state index is -4.77. The average molecular weight is 569 g/mol. The van der Waals surface area contributed by atoms with Gasteiger partial charge in [0.05, 0.1) is 23.0 Å². The lowest BCUT2D eigenvalue weighted by atomic mass is 10.0. The fourth-order valence-corrected chi connectivity index (χ4v) is 4.77. The Balaban J connectivity index is 1.75. The topological polar surface area (TPSA) is 69.4 Å². The number of hydrogen-bond acceptors (Lipinski definition) is 5. The molecule has 4 aromatic rings. The third-order valence-electron chi connectivity index (χ3n) is 6.22. The van der Waals surface area contributed by atoms with Gasteiger partial charge in [0.1, 0.15) is 23.4 Å². The van der Waals surface area contributed by atoms with Crippen molar-refractivity contribution in [2.45, 2.75) is 53.9 Å². The second-order valence-electron chi connectivity index (χ2n) is 9.51. The van der Waals surface area contributed by atoms with Gasteiger partial charge in [0.2, 0.25) is 0 Å². The predicted molar refractivity (Wildman–Crippen MR) is 152 cm³/mol. The maximum Gasteiger partial charge on any atom is 0.421 e. The molecule has 0 bridgehead atoms. The molecule has 0 atom stereocenters. The molecule has 0 spiro atoms. The lowest BCUT2D eigenvalue weighted by molar-refractivity contribution is -0.138. The first-order valence-electron chi connectivity index (χ1n) is 12.5. The number of benzene rings is 1. The molecule has 0 radical (unpaired) electrons. The Morgan fingerprint density at radius 3 is 2.50 bits per heavy atom. The van der Waals surface area contributed by atoms with Crippen LogP contribution in [-0.4, -0.2) is 20.7 Å². The number of alkyl halides is 3. The summed E-state index contributed by atoms with van der Waals surface area (Å²) in [6, 6.07) is 11.2. The molecule has 0 aliphatic heterocycles. The summed E-state index contributed by atoms with van der Waals surface area (Å²) in [5.41, 5.74) is 3.17. The van der Waals surface area contributed by atoms with Crippen LogP contribution >= 0.6 is 11.6 Å². The normalized spacial score (nSPS) is 11.8. The number of para-hydroxylation sites is 1. The fourth-order valence-electron chi connectivity index (χ4n) is 4.45. The van der Waals surface area contributed by atoms with Crippen LogP contribution in [-0.2, 0) is 19.3 Å². The number of ether oxygens (including phenoxy) is 1. The first kappa shape index (κ1) is 29.0. The Kier molecular flexibility index (Phi) is 8.44. The van der Waals surface area contributed by atoms with E-state index in [1.807, 2.05) is 45.9 Å². The summed E-state index contributed by atoms with van der Waals surface area (Å²) in [7, 11) is 0. The van der Waals surface area contributed by atoms with E-state index in [1.54, 1.807) is 25.3 Å². The first-order valence-corrected chi connectivity index (χ1v) is 12.9. The van der Waals surface area contributed by atoms with Crippen molar-refractivity contribution in [1.29, 1.82) is 0 Å². The van der Waals surface area contributed by atoms with Gasteiger partial charge in [0.25, 0.3) is 5.56 Å². The summed E-state index contributed by atoms with van der Waals surface area (Å²) in [6.45, 7) is 9.21. The monoisotopic (exact) mass is 568 g/mol. The van der Waals surface area contributed by atoms with E-state index in [-0.39, 0.29) is 13.2 Å². The number of nitrogens with zero attached hydrogens (tertiary/aromatic N) is 4. The smallest absolute Gasteiger partial charge is 0.421 e. The van der Waals surface area contributed by atoms with Gasteiger partial charge in [-0.3, -0.25) is 14.8 Å². The molecule has 0 unspecified atom stereocenters. The molecule has 0 amide bonds. The van der Waals surface area contributed by atoms with E-state index in [9.17, 15) is 18.0 Å². The van der Waals surface area contributed by atoms with Crippen LogP contribution in [0.5, 0.6) is 5.75 Å². The summed E-state index contributed by atoms with van der Waals surface area (Å²) >= 11 is 6.57. The van der Waals surface area contributed by atoms with Crippen molar-refractivity contribution in [1.82, 2.24) is 14.5 Å². The van der Waals surface area contributed by atoms with E-state index >= 15 is 0 Å². The number of pyridine rings is 3. The molecular weight excluding hydrogens is 541 g/mol. The standard InChI is InChI=1S/C30H28ClF3N4O2/c1-6-35-27(17(2)3)21-13-18(4)37-28-20(21)9-7-11-26(28)40-16-22-24(31)14-19(5)36-25(22)15-38-12-8-10-23(29(38)39)30(32,33)34/h6-14H,15-16H2,1-5H3. The third kappa shape index (κ3) is 6.09. The number of allylic oxidation sites excluding steroid dienone is 1. The van der Waals surface area contributed by atoms with Crippen LogP contribution in [0.1, 0.15) is 54.5 Å². The molecule has 0 aliphatic carbocycles. The van der Waals surface area contributed by atoms with Gasteiger partial charge in [0, 0.05) is 40.3 Å². The Morgan fingerprint density at radius 1 is 1.10 bits per heavy atom. The summed E-state index contributed by atoms with van der Waals surface area (Å²) in [4.78, 5) is 26.3. The van der Waals surface area contributed by atoms with Gasteiger partial charge < -0.3 is 9.30 Å². The van der Waals surface area contributed by atoms with Crippen molar-refractivity contribution in [3.8, 4) is 5.75 Å². The van der Waals surface area contributed by atoms with E-state index in [2.05, 4.69) is 9.98 Å². The number of aryl methyl sites for hydroxylation is 2. The Bertz CT molecular complexity index is 1700. The zero-order valence-corrected chi connectivity index (χ0v) is 23.5. The number of hydrogen-bond donors (Lipinski definition) is 0. The molecule has 10 heteroatoms. The van der Waals surface area contributed by atoms with Gasteiger partial charge in [-0.15, -0.1) is 0 Å². The second kappa shape index (κ2) is 11.6. The molecular formula is C30H28ClF3N4O2. The van der Waals surface area contributed by atoms with Crippen molar-refractivity contribution >= 4 is 34.4 Å². The Hall–Kier alpha value is -3.98. The number of rotatable bonds is 7.